The van der Waals surface area contributed by atoms with Gasteiger partial charge in [-0.2, -0.15) is 17.6 Å². The highest BCUT2D eigenvalue weighted by Gasteiger charge is 2.65. The number of ether oxygens (including phenoxy) is 2. The first-order chi connectivity index (χ1) is 15.7. The maximum atomic E-state index is 14.4. The first-order valence-electron chi connectivity index (χ1n) is 10.1. The Morgan fingerprint density at radius 1 is 1.09 bits per heavy atom. The summed E-state index contributed by atoms with van der Waals surface area (Å²) in [5.41, 5.74) is -3.41. The number of alkyl halides is 3. The second-order valence-corrected chi connectivity index (χ2v) is 8.18. The van der Waals surface area contributed by atoms with Gasteiger partial charge in [-0.05, 0) is 38.1 Å². The van der Waals surface area contributed by atoms with Crippen molar-refractivity contribution in [1.82, 2.24) is 0 Å². The predicted octanol–water partition coefficient (Wildman–Crippen LogP) is 5.39. The second kappa shape index (κ2) is 8.94. The molecule has 0 aliphatic carbocycles. The van der Waals surface area contributed by atoms with Crippen molar-refractivity contribution >= 4 is 17.4 Å². The average molecular weight is 489 g/mol. The number of ketones is 1. The van der Waals surface area contributed by atoms with Crippen LogP contribution in [0, 0.1) is 23.4 Å². The molecule has 4 atom stereocenters. The molecule has 1 N–H and O–H groups in total. The van der Waals surface area contributed by atoms with Gasteiger partial charge in [0.05, 0.1) is 12.7 Å². The fourth-order valence-corrected chi connectivity index (χ4v) is 4.13. The van der Waals surface area contributed by atoms with Crippen molar-refractivity contribution in [2.75, 3.05) is 12.4 Å². The molecule has 1 aliphatic heterocycles. The molecule has 0 unspecified atom stereocenters. The van der Waals surface area contributed by atoms with E-state index >= 15 is 0 Å². The Bertz CT molecular complexity index is 1140. The van der Waals surface area contributed by atoms with E-state index in [2.05, 4.69) is 5.32 Å². The maximum absolute atomic E-state index is 14.4. The monoisotopic (exact) mass is 489 g/mol. The minimum Gasteiger partial charge on any atom is -0.493 e. The first-order valence-corrected chi connectivity index (χ1v) is 10.1. The number of hydrogen-bond donors (Lipinski definition) is 1. The summed E-state index contributed by atoms with van der Waals surface area (Å²) >= 11 is 0. The number of carbonyl (C=O) groups excluding carboxylic acids is 2. The van der Waals surface area contributed by atoms with E-state index in [1.807, 2.05) is 0 Å². The van der Waals surface area contributed by atoms with Crippen LogP contribution in [0.3, 0.4) is 0 Å². The number of benzene rings is 2. The zero-order valence-corrected chi connectivity index (χ0v) is 18.5. The highest BCUT2D eigenvalue weighted by atomic mass is 19.4. The van der Waals surface area contributed by atoms with Gasteiger partial charge in [0.15, 0.2) is 23.0 Å². The van der Waals surface area contributed by atoms with Crippen LogP contribution >= 0.6 is 0 Å². The molecule has 1 aliphatic rings. The molecular weight excluding hydrogens is 468 g/mol. The average Bonchev–Trinajstić information content (AvgIpc) is 3.03. The number of carbonyl (C=O) groups is 2. The van der Waals surface area contributed by atoms with Gasteiger partial charge in [0.25, 0.3) is 5.91 Å². The molecule has 1 fully saturated rings. The van der Waals surface area contributed by atoms with Gasteiger partial charge in [0, 0.05) is 23.1 Å². The highest BCUT2D eigenvalue weighted by Crippen LogP contribution is 2.55. The predicted molar refractivity (Wildman–Crippen MR) is 109 cm³/mol. The molecule has 11 heteroatoms. The molecular formula is C23H21F6NO4. The quantitative estimate of drug-likeness (QED) is 0.452. The van der Waals surface area contributed by atoms with E-state index in [0.29, 0.717) is 0 Å². The van der Waals surface area contributed by atoms with Crippen LogP contribution < -0.4 is 10.1 Å². The van der Waals surface area contributed by atoms with Crippen molar-refractivity contribution in [2.24, 2.45) is 5.92 Å². The normalized spacial score (nSPS) is 24.7. The van der Waals surface area contributed by atoms with Gasteiger partial charge in [0.1, 0.15) is 11.9 Å². The lowest BCUT2D eigenvalue weighted by Gasteiger charge is -2.32. The standard InChI is InChI=1S/C23H21F6NO4/c1-10-17(13-6-8-16(25)18(26)19(13)33-4)20(34-22(10,3)23(27,28)29)21(32)30-12-5-7-15(24)14(9-12)11(2)31/h5-10,17,20H,1-4H3,(H,30,32)/t10-,17-,20+,22+/m0/s1. The van der Waals surface area contributed by atoms with Gasteiger partial charge in [-0.15, -0.1) is 0 Å². The van der Waals surface area contributed by atoms with Crippen molar-refractivity contribution in [3.63, 3.8) is 0 Å². The summed E-state index contributed by atoms with van der Waals surface area (Å²) in [7, 11) is 1.02. The van der Waals surface area contributed by atoms with Gasteiger partial charge in [-0.25, -0.2) is 8.78 Å². The molecule has 3 rings (SSSR count). The Hall–Kier alpha value is -3.08. The van der Waals surface area contributed by atoms with Crippen LogP contribution in [0.4, 0.5) is 32.0 Å². The van der Waals surface area contributed by atoms with Crippen LogP contribution in [0.5, 0.6) is 5.75 Å². The SMILES string of the molecule is COc1c([C@H]2[C@H](C(=O)Nc3ccc(F)c(C(C)=O)c3)O[C@@](C)(C(F)(F)F)[C@H]2C)ccc(F)c1F. The molecule has 0 radical (unpaired) electrons. The molecule has 0 bridgehead atoms. The number of anilines is 1. The van der Waals surface area contributed by atoms with E-state index in [4.69, 9.17) is 9.47 Å². The van der Waals surface area contributed by atoms with Gasteiger partial charge >= 0.3 is 6.18 Å². The van der Waals surface area contributed by atoms with Crippen LogP contribution in [-0.2, 0) is 9.53 Å². The Morgan fingerprint density at radius 2 is 1.71 bits per heavy atom. The summed E-state index contributed by atoms with van der Waals surface area (Å²) in [4.78, 5) is 24.7. The van der Waals surface area contributed by atoms with Gasteiger partial charge in [0.2, 0.25) is 5.82 Å². The number of nitrogens with one attached hydrogen (secondary N) is 1. The van der Waals surface area contributed by atoms with Crippen LogP contribution in [0.1, 0.15) is 42.6 Å². The van der Waals surface area contributed by atoms with Crippen molar-refractivity contribution in [2.45, 2.75) is 44.6 Å². The number of methoxy groups -OCH3 is 1. The third kappa shape index (κ3) is 4.24. The van der Waals surface area contributed by atoms with Crippen molar-refractivity contribution < 1.29 is 45.4 Å². The molecule has 0 aromatic heterocycles. The summed E-state index contributed by atoms with van der Waals surface area (Å²) in [6, 6.07) is 4.82. The summed E-state index contributed by atoms with van der Waals surface area (Å²) in [6.07, 6.45) is -6.73. The molecule has 184 valence electrons. The Balaban J connectivity index is 2.08. The van der Waals surface area contributed by atoms with Crippen LogP contribution in [0.25, 0.3) is 0 Å². The van der Waals surface area contributed by atoms with E-state index in [0.717, 1.165) is 51.3 Å². The molecule has 1 saturated heterocycles. The third-order valence-electron chi connectivity index (χ3n) is 6.18. The molecule has 5 nitrogen and oxygen atoms in total. The van der Waals surface area contributed by atoms with Crippen molar-refractivity contribution in [1.29, 1.82) is 0 Å². The first kappa shape index (κ1) is 25.5. The van der Waals surface area contributed by atoms with Gasteiger partial charge < -0.3 is 14.8 Å². The van der Waals surface area contributed by atoms with E-state index in [1.54, 1.807) is 0 Å². The molecule has 0 spiro atoms. The fraction of sp³-hybridized carbons (Fsp3) is 0.391. The van der Waals surface area contributed by atoms with E-state index in [9.17, 15) is 35.9 Å². The topological polar surface area (TPSA) is 64.6 Å². The summed E-state index contributed by atoms with van der Waals surface area (Å²) in [5.74, 6) is -8.71. The third-order valence-corrected chi connectivity index (χ3v) is 6.18. The Kier molecular flexibility index (Phi) is 6.71. The summed E-state index contributed by atoms with van der Waals surface area (Å²) in [6.45, 7) is 3.04. The molecule has 1 heterocycles. The summed E-state index contributed by atoms with van der Waals surface area (Å²) < 4.78 is 94.0. The number of rotatable bonds is 5. The van der Waals surface area contributed by atoms with E-state index in [-0.39, 0.29) is 16.8 Å². The minimum atomic E-state index is -4.91. The van der Waals surface area contributed by atoms with Crippen LogP contribution in [0.2, 0.25) is 0 Å². The Labute approximate surface area is 191 Å². The fourth-order valence-electron chi connectivity index (χ4n) is 4.13. The van der Waals surface area contributed by atoms with E-state index < -0.39 is 64.6 Å². The Morgan fingerprint density at radius 3 is 2.26 bits per heavy atom. The molecule has 2 aromatic rings. The number of Topliss-reactive ketones (excluding diaryl/α,β-unsaturated/α-hetero) is 1. The smallest absolute Gasteiger partial charge is 0.417 e. The van der Waals surface area contributed by atoms with Gasteiger partial charge in [-0.1, -0.05) is 13.0 Å². The lowest BCUT2D eigenvalue weighted by molar-refractivity contribution is -0.272. The second-order valence-electron chi connectivity index (χ2n) is 8.18. The van der Waals surface area contributed by atoms with Crippen LogP contribution in [0.15, 0.2) is 30.3 Å². The lowest BCUT2D eigenvalue weighted by atomic mass is 9.77. The molecule has 34 heavy (non-hydrogen) atoms. The molecule has 2 aromatic carbocycles. The van der Waals surface area contributed by atoms with Crippen LogP contribution in [-0.4, -0.2) is 36.7 Å². The highest BCUT2D eigenvalue weighted by molar-refractivity contribution is 5.99. The molecule has 0 saturated carbocycles. The lowest BCUT2D eigenvalue weighted by Crippen LogP contribution is -2.47. The maximum Gasteiger partial charge on any atom is 0.417 e. The zero-order chi connectivity index (χ0) is 25.6. The number of hydrogen-bond acceptors (Lipinski definition) is 4. The van der Waals surface area contributed by atoms with Crippen molar-refractivity contribution in [3.8, 4) is 5.75 Å². The minimum absolute atomic E-state index is 0.0653. The largest absolute Gasteiger partial charge is 0.493 e. The van der Waals surface area contributed by atoms with E-state index in [1.165, 1.54) is 6.92 Å². The number of halogens is 6. The number of amides is 1. The van der Waals surface area contributed by atoms with Crippen molar-refractivity contribution in [3.05, 3.63) is 58.9 Å². The van der Waals surface area contributed by atoms with Gasteiger partial charge in [-0.3, -0.25) is 9.59 Å². The zero-order valence-electron chi connectivity index (χ0n) is 18.5. The summed E-state index contributed by atoms with van der Waals surface area (Å²) in [5, 5.41) is 2.32. The molecule has 1 amide bonds.